The van der Waals surface area contributed by atoms with Crippen molar-refractivity contribution < 1.29 is 14.7 Å². The van der Waals surface area contributed by atoms with Crippen molar-refractivity contribution in [1.82, 2.24) is 0 Å². The van der Waals surface area contributed by atoms with E-state index in [0.717, 1.165) is 17.0 Å². The maximum absolute atomic E-state index is 11.2. The van der Waals surface area contributed by atoms with E-state index in [2.05, 4.69) is 5.32 Å². The molecule has 6 heteroatoms. The van der Waals surface area contributed by atoms with Crippen LogP contribution in [0, 0.1) is 0 Å². The molecule has 0 spiro atoms. The number of nitrogens with zero attached hydrogens (tertiary/aromatic N) is 1. The van der Waals surface area contributed by atoms with Gasteiger partial charge in [-0.1, -0.05) is 0 Å². The number of aromatic carboxylic acids is 1. The summed E-state index contributed by atoms with van der Waals surface area (Å²) in [5.41, 5.74) is 1.19. The summed E-state index contributed by atoms with van der Waals surface area (Å²) in [6.07, 6.45) is 0. The van der Waals surface area contributed by atoms with E-state index < -0.39 is 5.97 Å². The van der Waals surface area contributed by atoms with Crippen LogP contribution < -0.4 is 10.2 Å². The van der Waals surface area contributed by atoms with Crippen LogP contribution in [0.1, 0.15) is 9.67 Å². The number of carboxylic acids is 1. The van der Waals surface area contributed by atoms with Gasteiger partial charge in [0.25, 0.3) is 0 Å². The lowest BCUT2D eigenvalue weighted by molar-refractivity contribution is -0.115. The predicted octanol–water partition coefficient (Wildman–Crippen LogP) is 0.835. The van der Waals surface area contributed by atoms with Gasteiger partial charge in [-0.05, 0) is 0 Å². The molecule has 74 valence electrons. The van der Waals surface area contributed by atoms with Gasteiger partial charge in [0.05, 0.1) is 17.9 Å². The molecule has 0 saturated carbocycles. The first kappa shape index (κ1) is 9.01. The summed E-state index contributed by atoms with van der Waals surface area (Å²) in [5.74, 6) is -1.19. The zero-order valence-electron chi connectivity index (χ0n) is 7.40. The minimum Gasteiger partial charge on any atom is -0.477 e. The number of nitrogens with one attached hydrogen (secondary N) is 1. The second-order valence-electron chi connectivity index (χ2n) is 3.03. The smallest absolute Gasteiger partial charge is 0.348 e. The Labute approximate surface area is 84.0 Å². The topological polar surface area (TPSA) is 69.6 Å². The van der Waals surface area contributed by atoms with Gasteiger partial charge in [-0.25, -0.2) is 4.79 Å². The van der Waals surface area contributed by atoms with Crippen molar-refractivity contribution in [1.29, 1.82) is 0 Å². The number of fused-ring (bicyclic) bond motifs is 1. The van der Waals surface area contributed by atoms with Gasteiger partial charge < -0.3 is 15.3 Å². The Morgan fingerprint density at radius 1 is 1.71 bits per heavy atom. The first-order valence-corrected chi connectivity index (χ1v) is 4.83. The SMILES string of the molecule is CN1CC(=O)Nc2c1csc2C(=O)O. The molecule has 0 fully saturated rings. The highest BCUT2D eigenvalue weighted by Crippen LogP contribution is 2.37. The Bertz CT molecular complexity index is 413. The Morgan fingerprint density at radius 3 is 3.07 bits per heavy atom. The zero-order chi connectivity index (χ0) is 10.3. The van der Waals surface area contributed by atoms with Crippen LogP contribution in [-0.2, 0) is 4.79 Å². The lowest BCUT2D eigenvalue weighted by Crippen LogP contribution is -2.35. The number of carboxylic acid groups (broad SMARTS) is 1. The number of hydrogen-bond acceptors (Lipinski definition) is 4. The van der Waals surface area contributed by atoms with E-state index in [0.29, 0.717) is 5.69 Å². The van der Waals surface area contributed by atoms with E-state index in [-0.39, 0.29) is 17.3 Å². The summed E-state index contributed by atoms with van der Waals surface area (Å²) in [7, 11) is 1.76. The molecule has 2 N–H and O–H groups in total. The van der Waals surface area contributed by atoms with E-state index in [4.69, 9.17) is 5.11 Å². The Balaban J connectivity index is 2.51. The highest BCUT2D eigenvalue weighted by molar-refractivity contribution is 7.13. The molecule has 0 aliphatic carbocycles. The van der Waals surface area contributed by atoms with Crippen LogP contribution in [0.4, 0.5) is 11.4 Å². The first-order valence-electron chi connectivity index (χ1n) is 3.95. The molecular formula is C8H8N2O3S. The third-order valence-corrected chi connectivity index (χ3v) is 2.98. The second kappa shape index (κ2) is 2.98. The second-order valence-corrected chi connectivity index (χ2v) is 3.91. The fraction of sp³-hybridized carbons (Fsp3) is 0.250. The van der Waals surface area contributed by atoms with E-state index in [1.165, 1.54) is 0 Å². The maximum Gasteiger partial charge on any atom is 0.348 e. The van der Waals surface area contributed by atoms with Crippen molar-refractivity contribution >= 4 is 34.6 Å². The lowest BCUT2D eigenvalue weighted by Gasteiger charge is -2.24. The fourth-order valence-electron chi connectivity index (χ4n) is 1.39. The molecule has 1 aromatic rings. The third kappa shape index (κ3) is 1.24. The van der Waals surface area contributed by atoms with Crippen molar-refractivity contribution in [3.05, 3.63) is 10.3 Å². The fourth-order valence-corrected chi connectivity index (χ4v) is 2.29. The molecule has 1 aliphatic rings. The number of thiophene rings is 1. The molecule has 2 rings (SSSR count). The van der Waals surface area contributed by atoms with Crippen LogP contribution in [0.15, 0.2) is 5.38 Å². The molecule has 1 aliphatic heterocycles. The van der Waals surface area contributed by atoms with Crippen LogP contribution >= 0.6 is 11.3 Å². The molecule has 1 aromatic heterocycles. The van der Waals surface area contributed by atoms with Crippen LogP contribution in [0.3, 0.4) is 0 Å². The number of rotatable bonds is 1. The van der Waals surface area contributed by atoms with Gasteiger partial charge in [0, 0.05) is 12.4 Å². The molecule has 0 radical (unpaired) electrons. The normalized spacial score (nSPS) is 14.9. The van der Waals surface area contributed by atoms with Crippen LogP contribution in [0.2, 0.25) is 0 Å². The highest BCUT2D eigenvalue weighted by atomic mass is 32.1. The molecule has 0 unspecified atom stereocenters. The van der Waals surface area contributed by atoms with Crippen molar-refractivity contribution in [3.8, 4) is 0 Å². The van der Waals surface area contributed by atoms with Crippen molar-refractivity contribution in [3.63, 3.8) is 0 Å². The Hall–Kier alpha value is -1.56. The van der Waals surface area contributed by atoms with E-state index in [1.807, 2.05) is 0 Å². The summed E-state index contributed by atoms with van der Waals surface area (Å²) in [6.45, 7) is 0.267. The summed E-state index contributed by atoms with van der Waals surface area (Å²) in [6, 6.07) is 0. The first-order chi connectivity index (χ1) is 6.59. The third-order valence-electron chi connectivity index (χ3n) is 2.02. The van der Waals surface area contributed by atoms with Crippen LogP contribution in [0.5, 0.6) is 0 Å². The van der Waals surface area contributed by atoms with E-state index >= 15 is 0 Å². The van der Waals surface area contributed by atoms with E-state index in [9.17, 15) is 9.59 Å². The monoisotopic (exact) mass is 212 g/mol. The molecule has 0 atom stereocenters. The van der Waals surface area contributed by atoms with Gasteiger partial charge in [0.15, 0.2) is 0 Å². The number of carbonyl (C=O) groups excluding carboxylic acids is 1. The Kier molecular flexibility index (Phi) is 1.92. The minimum atomic E-state index is -1.01. The number of amides is 1. The molecular weight excluding hydrogens is 204 g/mol. The van der Waals surface area contributed by atoms with E-state index in [1.54, 1.807) is 17.3 Å². The summed E-state index contributed by atoms with van der Waals surface area (Å²) in [4.78, 5) is 23.9. The summed E-state index contributed by atoms with van der Waals surface area (Å²) in [5, 5.41) is 13.1. The molecule has 14 heavy (non-hydrogen) atoms. The summed E-state index contributed by atoms with van der Waals surface area (Å²) >= 11 is 1.12. The van der Waals surface area contributed by atoms with Gasteiger partial charge >= 0.3 is 5.97 Å². The molecule has 5 nitrogen and oxygen atoms in total. The molecule has 1 amide bonds. The number of likely N-dealkylation sites (N-methyl/N-ethyl adjacent to an activating group) is 1. The van der Waals surface area contributed by atoms with Crippen LogP contribution in [0.25, 0.3) is 0 Å². The Morgan fingerprint density at radius 2 is 2.43 bits per heavy atom. The number of anilines is 2. The molecule has 0 aromatic carbocycles. The largest absolute Gasteiger partial charge is 0.477 e. The van der Waals surface area contributed by atoms with Gasteiger partial charge in [-0.3, -0.25) is 4.79 Å². The maximum atomic E-state index is 11.2. The lowest BCUT2D eigenvalue weighted by atomic mass is 10.2. The van der Waals surface area contributed by atoms with Crippen molar-refractivity contribution in [2.24, 2.45) is 0 Å². The molecule has 0 saturated heterocycles. The van der Waals surface area contributed by atoms with Gasteiger partial charge in [-0.2, -0.15) is 0 Å². The highest BCUT2D eigenvalue weighted by Gasteiger charge is 2.26. The zero-order valence-corrected chi connectivity index (χ0v) is 8.22. The standard InChI is InChI=1S/C8H8N2O3S/c1-10-2-5(11)9-6-4(10)3-14-7(6)8(12)13/h3H,2H2,1H3,(H,9,11)(H,12,13). The average Bonchev–Trinajstić information content (AvgIpc) is 2.47. The van der Waals surface area contributed by atoms with Crippen molar-refractivity contribution in [2.45, 2.75) is 0 Å². The van der Waals surface area contributed by atoms with Crippen molar-refractivity contribution in [2.75, 3.05) is 23.8 Å². The van der Waals surface area contributed by atoms with Gasteiger partial charge in [-0.15, -0.1) is 11.3 Å². The average molecular weight is 212 g/mol. The van der Waals surface area contributed by atoms with Gasteiger partial charge in [0.2, 0.25) is 5.91 Å². The summed E-state index contributed by atoms with van der Waals surface area (Å²) < 4.78 is 0. The van der Waals surface area contributed by atoms with Gasteiger partial charge in [0.1, 0.15) is 4.88 Å². The molecule has 0 bridgehead atoms. The predicted molar refractivity (Wildman–Crippen MR) is 53.2 cm³/mol. The quantitative estimate of drug-likeness (QED) is 0.723. The number of carbonyl (C=O) groups is 2. The van der Waals surface area contributed by atoms with Crippen LogP contribution in [-0.4, -0.2) is 30.6 Å². The number of hydrogen-bond donors (Lipinski definition) is 2. The molecule has 2 heterocycles. The minimum absolute atomic E-state index is 0.180.